The molecular weight excluding hydrogens is 296 g/mol. The summed E-state index contributed by atoms with van der Waals surface area (Å²) in [6, 6.07) is 8.64. The number of aliphatic hydroxyl groups excluding tert-OH is 2. The molecule has 0 saturated carbocycles. The summed E-state index contributed by atoms with van der Waals surface area (Å²) in [6.07, 6.45) is -0.192. The third-order valence-corrected chi connectivity index (χ3v) is 4.63. The number of benzene rings is 1. The molecule has 1 aliphatic heterocycles. The summed E-state index contributed by atoms with van der Waals surface area (Å²) < 4.78 is 1.51. The van der Waals surface area contributed by atoms with Crippen molar-refractivity contribution >= 4 is 16.8 Å². The van der Waals surface area contributed by atoms with Crippen LogP contribution in [0.1, 0.15) is 16.8 Å². The van der Waals surface area contributed by atoms with Gasteiger partial charge in [-0.3, -0.25) is 9.59 Å². The van der Waals surface area contributed by atoms with Crippen molar-refractivity contribution in [1.82, 2.24) is 9.47 Å². The van der Waals surface area contributed by atoms with Crippen LogP contribution in [0.15, 0.2) is 35.1 Å². The van der Waals surface area contributed by atoms with E-state index in [9.17, 15) is 19.8 Å². The van der Waals surface area contributed by atoms with Crippen LogP contribution in [0.2, 0.25) is 0 Å². The molecule has 0 unspecified atom stereocenters. The number of nitrogens with zero attached hydrogens (tertiary/aromatic N) is 2. The normalized spacial score (nSPS) is 21.6. The number of fused-ring (bicyclic) bond motifs is 1. The molecule has 1 aromatic heterocycles. The van der Waals surface area contributed by atoms with Crippen LogP contribution in [0.5, 0.6) is 0 Å². The number of carbonyl (C=O) groups excluding carboxylic acids is 1. The molecule has 2 heterocycles. The van der Waals surface area contributed by atoms with Crippen LogP contribution >= 0.6 is 0 Å². The summed E-state index contributed by atoms with van der Waals surface area (Å²) >= 11 is 0. The highest BCUT2D eigenvalue weighted by Gasteiger charge is 2.30. The molecule has 2 atom stereocenters. The summed E-state index contributed by atoms with van der Waals surface area (Å²) in [5, 5.41) is 20.0. The highest BCUT2D eigenvalue weighted by atomic mass is 16.3. The van der Waals surface area contributed by atoms with Crippen molar-refractivity contribution in [3.8, 4) is 0 Å². The van der Waals surface area contributed by atoms with Crippen LogP contribution in [-0.2, 0) is 7.05 Å². The molecule has 0 aliphatic carbocycles. The number of hydrogen-bond acceptors (Lipinski definition) is 4. The van der Waals surface area contributed by atoms with E-state index in [4.69, 9.17) is 0 Å². The molecule has 0 spiro atoms. The van der Waals surface area contributed by atoms with E-state index < -0.39 is 6.10 Å². The molecule has 1 aromatic carbocycles. The number of piperidine rings is 1. The molecule has 6 nitrogen and oxygen atoms in total. The summed E-state index contributed by atoms with van der Waals surface area (Å²) in [4.78, 5) is 26.5. The quantitative estimate of drug-likeness (QED) is 0.838. The predicted octanol–water partition coefficient (Wildman–Crippen LogP) is 0.354. The number of aromatic nitrogens is 1. The highest BCUT2D eigenvalue weighted by Crippen LogP contribution is 2.22. The zero-order chi connectivity index (χ0) is 16.6. The van der Waals surface area contributed by atoms with Crippen molar-refractivity contribution in [1.29, 1.82) is 0 Å². The Morgan fingerprint density at radius 2 is 2.09 bits per heavy atom. The fourth-order valence-electron chi connectivity index (χ4n) is 3.14. The molecule has 6 heteroatoms. The molecular formula is C17H20N2O4. The van der Waals surface area contributed by atoms with E-state index in [1.165, 1.54) is 10.6 Å². The minimum Gasteiger partial charge on any atom is -0.396 e. The van der Waals surface area contributed by atoms with Gasteiger partial charge < -0.3 is 19.7 Å². The zero-order valence-corrected chi connectivity index (χ0v) is 13.0. The fourth-order valence-corrected chi connectivity index (χ4v) is 3.14. The number of para-hydroxylation sites is 1. The molecule has 1 aliphatic rings. The lowest BCUT2D eigenvalue weighted by Gasteiger charge is -2.35. The molecule has 122 valence electrons. The van der Waals surface area contributed by atoms with Gasteiger partial charge in [0.25, 0.3) is 11.5 Å². The SMILES string of the molecule is Cn1c(=O)cc(C(=O)N2CC[C@H](CO)[C@@H](O)C2)c2ccccc21. The number of likely N-dealkylation sites (tertiary alicyclic amines) is 1. The maximum atomic E-state index is 12.8. The van der Waals surface area contributed by atoms with Gasteiger partial charge in [-0.15, -0.1) is 0 Å². The molecule has 2 N–H and O–H groups in total. The molecule has 1 saturated heterocycles. The first kappa shape index (κ1) is 15.7. The van der Waals surface area contributed by atoms with E-state index in [1.807, 2.05) is 18.2 Å². The van der Waals surface area contributed by atoms with E-state index in [0.717, 1.165) is 5.39 Å². The van der Waals surface area contributed by atoms with Gasteiger partial charge >= 0.3 is 0 Å². The average Bonchev–Trinajstić information content (AvgIpc) is 2.57. The van der Waals surface area contributed by atoms with Gasteiger partial charge in [0.2, 0.25) is 0 Å². The van der Waals surface area contributed by atoms with Gasteiger partial charge in [-0.2, -0.15) is 0 Å². The van der Waals surface area contributed by atoms with Gasteiger partial charge in [-0.1, -0.05) is 18.2 Å². The summed E-state index contributed by atoms with van der Waals surface area (Å²) in [5.74, 6) is -0.450. The Morgan fingerprint density at radius 1 is 1.35 bits per heavy atom. The number of β-amino-alcohol motifs (C(OH)–C–C–N with tert-alkyl or cyclic N) is 1. The molecule has 2 aromatic rings. The number of rotatable bonds is 2. The largest absolute Gasteiger partial charge is 0.396 e. The Labute approximate surface area is 133 Å². The van der Waals surface area contributed by atoms with E-state index >= 15 is 0 Å². The van der Waals surface area contributed by atoms with Crippen LogP contribution < -0.4 is 5.56 Å². The Balaban J connectivity index is 1.99. The van der Waals surface area contributed by atoms with E-state index in [0.29, 0.717) is 24.0 Å². The van der Waals surface area contributed by atoms with Crippen LogP contribution in [0.25, 0.3) is 10.9 Å². The number of hydrogen-bond donors (Lipinski definition) is 2. The van der Waals surface area contributed by atoms with Crippen molar-refractivity contribution in [2.45, 2.75) is 12.5 Å². The van der Waals surface area contributed by atoms with Crippen molar-refractivity contribution in [2.24, 2.45) is 13.0 Å². The monoisotopic (exact) mass is 316 g/mol. The van der Waals surface area contributed by atoms with Crippen molar-refractivity contribution in [3.63, 3.8) is 0 Å². The molecule has 0 bridgehead atoms. The van der Waals surface area contributed by atoms with E-state index in [2.05, 4.69) is 0 Å². The molecule has 0 radical (unpaired) electrons. The maximum absolute atomic E-state index is 12.8. The van der Waals surface area contributed by atoms with Crippen LogP contribution in [0, 0.1) is 5.92 Å². The number of pyridine rings is 1. The summed E-state index contributed by atoms with van der Waals surface area (Å²) in [7, 11) is 1.68. The first-order valence-electron chi connectivity index (χ1n) is 7.70. The molecule has 1 fully saturated rings. The number of amides is 1. The minimum absolute atomic E-state index is 0.0853. The number of aliphatic hydroxyl groups is 2. The third-order valence-electron chi connectivity index (χ3n) is 4.63. The molecule has 3 rings (SSSR count). The Hall–Kier alpha value is -2.18. The first-order valence-corrected chi connectivity index (χ1v) is 7.70. The Kier molecular flexibility index (Phi) is 4.19. The molecule has 23 heavy (non-hydrogen) atoms. The zero-order valence-electron chi connectivity index (χ0n) is 13.0. The summed E-state index contributed by atoms with van der Waals surface area (Å²) in [6.45, 7) is 0.552. The minimum atomic E-state index is -0.740. The lowest BCUT2D eigenvalue weighted by Crippen LogP contribution is -2.47. The van der Waals surface area contributed by atoms with Gasteiger partial charge in [-0.25, -0.2) is 0 Å². The van der Waals surface area contributed by atoms with Crippen molar-refractivity contribution in [2.75, 3.05) is 19.7 Å². The third kappa shape index (κ3) is 2.75. The van der Waals surface area contributed by atoms with Gasteiger partial charge in [0.05, 0.1) is 17.2 Å². The van der Waals surface area contributed by atoms with E-state index in [1.54, 1.807) is 18.0 Å². The van der Waals surface area contributed by atoms with Gasteiger partial charge in [-0.05, 0) is 12.5 Å². The summed E-state index contributed by atoms with van der Waals surface area (Å²) in [5.41, 5.74) is 0.824. The average molecular weight is 316 g/mol. The molecule has 1 amide bonds. The number of carbonyl (C=O) groups is 1. The van der Waals surface area contributed by atoms with Crippen LogP contribution in [-0.4, -0.2) is 51.4 Å². The Morgan fingerprint density at radius 3 is 2.78 bits per heavy atom. The van der Waals surface area contributed by atoms with Crippen LogP contribution in [0.4, 0.5) is 0 Å². The second kappa shape index (κ2) is 6.14. The second-order valence-corrected chi connectivity index (χ2v) is 6.02. The lowest BCUT2D eigenvalue weighted by molar-refractivity contribution is 0.000943. The first-order chi connectivity index (χ1) is 11.0. The van der Waals surface area contributed by atoms with Crippen molar-refractivity contribution in [3.05, 3.63) is 46.2 Å². The second-order valence-electron chi connectivity index (χ2n) is 6.02. The lowest BCUT2D eigenvalue weighted by atomic mass is 9.94. The highest BCUT2D eigenvalue weighted by molar-refractivity contribution is 6.06. The van der Waals surface area contributed by atoms with Gasteiger partial charge in [0.15, 0.2) is 0 Å². The van der Waals surface area contributed by atoms with Gasteiger partial charge in [0.1, 0.15) is 0 Å². The van der Waals surface area contributed by atoms with Crippen molar-refractivity contribution < 1.29 is 15.0 Å². The van der Waals surface area contributed by atoms with E-state index in [-0.39, 0.29) is 30.5 Å². The Bertz CT molecular complexity index is 799. The van der Waals surface area contributed by atoms with Gasteiger partial charge in [0, 0.05) is 44.1 Å². The maximum Gasteiger partial charge on any atom is 0.254 e. The topological polar surface area (TPSA) is 82.8 Å². The smallest absolute Gasteiger partial charge is 0.254 e. The van der Waals surface area contributed by atoms with Crippen LogP contribution in [0.3, 0.4) is 0 Å². The fraction of sp³-hybridized carbons (Fsp3) is 0.412. The number of aryl methyl sites for hydroxylation is 1. The predicted molar refractivity (Wildman–Crippen MR) is 86.3 cm³/mol. The standard InChI is InChI=1S/C17H20N2O4/c1-18-14-5-3-2-4-12(14)13(8-16(18)22)17(23)19-7-6-11(10-20)15(21)9-19/h2-5,8,11,15,20-21H,6-7,9-10H2,1H3/t11-,15+/m1/s1.